The number of rotatable bonds is 7. The minimum Gasteiger partial charge on any atom is -0.326 e. The molecular formula is C22H18Cl2N4O2S. The van der Waals surface area contributed by atoms with E-state index in [0.717, 1.165) is 11.3 Å². The van der Waals surface area contributed by atoms with Crippen molar-refractivity contribution < 1.29 is 9.59 Å². The van der Waals surface area contributed by atoms with Gasteiger partial charge in [0.1, 0.15) is 0 Å². The first-order chi connectivity index (χ1) is 15.0. The van der Waals surface area contributed by atoms with Crippen LogP contribution in [0.2, 0.25) is 0 Å². The van der Waals surface area contributed by atoms with Gasteiger partial charge in [0.05, 0.1) is 27.7 Å². The smallest absolute Gasteiger partial charge is 0.232 e. The van der Waals surface area contributed by atoms with Crippen LogP contribution < -0.4 is 5.32 Å². The van der Waals surface area contributed by atoms with E-state index in [4.69, 9.17) is 23.2 Å². The van der Waals surface area contributed by atoms with E-state index in [1.54, 1.807) is 29.8 Å². The summed E-state index contributed by atoms with van der Waals surface area (Å²) in [5.41, 5.74) is 2.19. The Morgan fingerprint density at radius 3 is 2.68 bits per heavy atom. The Hall–Kier alpha value is -2.74. The zero-order valence-corrected chi connectivity index (χ0v) is 18.8. The molecule has 0 aliphatic carbocycles. The lowest BCUT2D eigenvalue weighted by Crippen LogP contribution is -2.36. The number of fused-ring (bicyclic) bond motifs is 1. The molecule has 0 aliphatic heterocycles. The summed E-state index contributed by atoms with van der Waals surface area (Å²) >= 11 is 13.3. The van der Waals surface area contributed by atoms with Gasteiger partial charge in [-0.3, -0.25) is 9.59 Å². The summed E-state index contributed by atoms with van der Waals surface area (Å²) in [6.45, 7) is 1.72. The number of carbonyl (C=O) groups excluding carboxylic acids is 2. The van der Waals surface area contributed by atoms with Crippen LogP contribution in [0.5, 0.6) is 0 Å². The number of halogens is 2. The van der Waals surface area contributed by atoms with Crippen molar-refractivity contribution in [3.8, 4) is 11.3 Å². The molecule has 3 heterocycles. The monoisotopic (exact) mass is 472 g/mol. The topological polar surface area (TPSA) is 76.4 Å². The maximum absolute atomic E-state index is 12.8. The fourth-order valence-electron chi connectivity index (χ4n) is 3.01. The van der Waals surface area contributed by atoms with E-state index in [0.29, 0.717) is 21.8 Å². The molecule has 9 heteroatoms. The van der Waals surface area contributed by atoms with Crippen LogP contribution in [-0.4, -0.2) is 38.0 Å². The van der Waals surface area contributed by atoms with Gasteiger partial charge >= 0.3 is 0 Å². The standard InChI is InChI=1S/C22H18Cl2N4O2S/c1-22(12-23,13-24)21(30)27-15-5-2-4-14(10-15)17-7-8-25-20-16(11-26-28(17)20)19(29)18-6-3-9-31-18/h2-11H,12-13H2,1H3,(H,27,30). The van der Waals surface area contributed by atoms with Gasteiger partial charge in [-0.15, -0.1) is 34.5 Å². The molecule has 0 bridgehead atoms. The van der Waals surface area contributed by atoms with Gasteiger partial charge in [0.2, 0.25) is 11.7 Å². The van der Waals surface area contributed by atoms with Crippen molar-refractivity contribution in [2.45, 2.75) is 6.92 Å². The molecular weight excluding hydrogens is 455 g/mol. The molecule has 4 aromatic rings. The third-order valence-electron chi connectivity index (χ3n) is 4.95. The average Bonchev–Trinajstić information content (AvgIpc) is 3.48. The number of alkyl halides is 2. The molecule has 1 N–H and O–H groups in total. The lowest BCUT2D eigenvalue weighted by Gasteiger charge is -2.23. The third kappa shape index (κ3) is 4.08. The van der Waals surface area contributed by atoms with Crippen LogP contribution in [0.1, 0.15) is 22.2 Å². The van der Waals surface area contributed by atoms with Crippen LogP contribution in [0.25, 0.3) is 16.9 Å². The Labute approximate surface area is 192 Å². The Morgan fingerprint density at radius 2 is 1.97 bits per heavy atom. The number of anilines is 1. The van der Waals surface area contributed by atoms with Crippen LogP contribution in [0, 0.1) is 5.41 Å². The Kier molecular flexibility index (Phi) is 6.09. The number of carbonyl (C=O) groups is 2. The number of benzene rings is 1. The first kappa shape index (κ1) is 21.5. The first-order valence-corrected chi connectivity index (χ1v) is 11.4. The second kappa shape index (κ2) is 8.78. The van der Waals surface area contributed by atoms with Gasteiger partial charge < -0.3 is 5.32 Å². The molecule has 4 rings (SSSR count). The largest absolute Gasteiger partial charge is 0.326 e. The highest BCUT2D eigenvalue weighted by atomic mass is 35.5. The SMILES string of the molecule is CC(CCl)(CCl)C(=O)Nc1cccc(-c2ccnc3c(C(=O)c4cccs4)cnn23)c1. The van der Waals surface area contributed by atoms with E-state index in [2.05, 4.69) is 15.4 Å². The average molecular weight is 473 g/mol. The normalized spacial score (nSPS) is 11.6. The summed E-state index contributed by atoms with van der Waals surface area (Å²) in [5.74, 6) is -0.141. The van der Waals surface area contributed by atoms with E-state index < -0.39 is 5.41 Å². The Morgan fingerprint density at radius 1 is 1.16 bits per heavy atom. The van der Waals surface area contributed by atoms with Crippen molar-refractivity contribution in [3.63, 3.8) is 0 Å². The van der Waals surface area contributed by atoms with Crippen molar-refractivity contribution in [3.05, 3.63) is 70.7 Å². The fraction of sp³-hybridized carbons (Fsp3) is 0.182. The number of thiophene rings is 1. The Bertz CT molecular complexity index is 1250. The predicted molar refractivity (Wildman–Crippen MR) is 124 cm³/mol. The van der Waals surface area contributed by atoms with E-state index in [1.165, 1.54) is 17.5 Å². The molecule has 0 saturated heterocycles. The number of amides is 1. The zero-order chi connectivity index (χ0) is 22.0. The van der Waals surface area contributed by atoms with Crippen LogP contribution in [0.3, 0.4) is 0 Å². The molecule has 31 heavy (non-hydrogen) atoms. The van der Waals surface area contributed by atoms with Gasteiger partial charge in [-0.2, -0.15) is 5.10 Å². The second-order valence-electron chi connectivity index (χ2n) is 7.29. The van der Waals surface area contributed by atoms with E-state index >= 15 is 0 Å². The number of ketones is 1. The van der Waals surface area contributed by atoms with Crippen molar-refractivity contribution in [2.75, 3.05) is 17.1 Å². The molecule has 0 saturated carbocycles. The van der Waals surface area contributed by atoms with E-state index in [1.807, 2.05) is 35.7 Å². The van der Waals surface area contributed by atoms with Crippen LogP contribution in [0.4, 0.5) is 5.69 Å². The number of hydrogen-bond acceptors (Lipinski definition) is 5. The van der Waals surface area contributed by atoms with Crippen molar-refractivity contribution in [2.24, 2.45) is 5.41 Å². The summed E-state index contributed by atoms with van der Waals surface area (Å²) in [4.78, 5) is 30.4. The summed E-state index contributed by atoms with van der Waals surface area (Å²) < 4.78 is 1.63. The van der Waals surface area contributed by atoms with Gasteiger partial charge in [0, 0.05) is 29.2 Å². The molecule has 0 fully saturated rings. The lowest BCUT2D eigenvalue weighted by molar-refractivity contribution is -0.122. The zero-order valence-electron chi connectivity index (χ0n) is 16.5. The summed E-state index contributed by atoms with van der Waals surface area (Å²) in [6.07, 6.45) is 3.17. The highest BCUT2D eigenvalue weighted by molar-refractivity contribution is 7.12. The van der Waals surface area contributed by atoms with Crippen LogP contribution >= 0.6 is 34.5 Å². The second-order valence-corrected chi connectivity index (χ2v) is 8.78. The minimum atomic E-state index is -0.873. The van der Waals surface area contributed by atoms with E-state index in [-0.39, 0.29) is 23.5 Å². The predicted octanol–water partition coefficient (Wildman–Crippen LogP) is 5.11. The molecule has 0 spiro atoms. The molecule has 0 atom stereocenters. The maximum atomic E-state index is 12.8. The van der Waals surface area contributed by atoms with Crippen molar-refractivity contribution >= 4 is 57.6 Å². The van der Waals surface area contributed by atoms with Gasteiger partial charge in [-0.25, -0.2) is 9.50 Å². The molecule has 0 aliphatic rings. The molecule has 6 nitrogen and oxygen atoms in total. The molecule has 1 aromatic carbocycles. The fourth-order valence-corrected chi connectivity index (χ4v) is 4.21. The third-order valence-corrected chi connectivity index (χ3v) is 6.99. The first-order valence-electron chi connectivity index (χ1n) is 9.41. The summed E-state index contributed by atoms with van der Waals surface area (Å²) in [7, 11) is 0. The highest BCUT2D eigenvalue weighted by Crippen LogP contribution is 2.27. The van der Waals surface area contributed by atoms with E-state index in [9.17, 15) is 9.59 Å². The number of nitrogens with one attached hydrogen (secondary N) is 1. The maximum Gasteiger partial charge on any atom is 0.232 e. The Balaban J connectivity index is 1.69. The summed E-state index contributed by atoms with van der Waals surface area (Å²) in [5, 5.41) is 9.13. The number of nitrogens with zero attached hydrogens (tertiary/aromatic N) is 3. The molecule has 0 radical (unpaired) electrons. The molecule has 0 unspecified atom stereocenters. The number of aromatic nitrogens is 3. The highest BCUT2D eigenvalue weighted by Gasteiger charge is 2.31. The quantitative estimate of drug-likeness (QED) is 0.299. The van der Waals surface area contributed by atoms with Gasteiger partial charge in [-0.1, -0.05) is 18.2 Å². The number of hydrogen-bond donors (Lipinski definition) is 1. The molecule has 1 amide bonds. The van der Waals surface area contributed by atoms with Crippen LogP contribution in [-0.2, 0) is 4.79 Å². The van der Waals surface area contributed by atoms with Gasteiger partial charge in [0.25, 0.3) is 0 Å². The summed E-state index contributed by atoms with van der Waals surface area (Å²) in [6, 6.07) is 12.8. The molecule has 3 aromatic heterocycles. The van der Waals surface area contributed by atoms with Gasteiger partial charge in [-0.05, 0) is 36.6 Å². The van der Waals surface area contributed by atoms with Crippen molar-refractivity contribution in [1.29, 1.82) is 0 Å². The minimum absolute atomic E-state index is 0.112. The molecule has 158 valence electrons. The lowest BCUT2D eigenvalue weighted by atomic mass is 9.94. The van der Waals surface area contributed by atoms with Gasteiger partial charge in [0.15, 0.2) is 5.65 Å². The van der Waals surface area contributed by atoms with Crippen molar-refractivity contribution in [1.82, 2.24) is 14.6 Å². The van der Waals surface area contributed by atoms with Crippen LogP contribution in [0.15, 0.2) is 60.2 Å².